The first-order valence-electron chi connectivity index (χ1n) is 9.25. The van der Waals surface area contributed by atoms with Crippen LogP contribution in [-0.4, -0.2) is 33.5 Å². The van der Waals surface area contributed by atoms with Crippen LogP contribution in [0.1, 0.15) is 24.9 Å². The van der Waals surface area contributed by atoms with Crippen LogP contribution in [0.2, 0.25) is 0 Å². The van der Waals surface area contributed by atoms with Crippen molar-refractivity contribution in [3.63, 3.8) is 0 Å². The number of carbonyl (C=O) groups is 1. The number of anilines is 1. The summed E-state index contributed by atoms with van der Waals surface area (Å²) in [4.78, 5) is 21.6. The van der Waals surface area contributed by atoms with Crippen LogP contribution in [-0.2, 0) is 9.63 Å². The molecule has 0 aliphatic carbocycles. The van der Waals surface area contributed by atoms with E-state index in [1.165, 1.54) is 0 Å². The Balaban J connectivity index is 1.76. The maximum Gasteiger partial charge on any atom is 0.236 e. The van der Waals surface area contributed by atoms with E-state index in [0.717, 1.165) is 23.4 Å². The van der Waals surface area contributed by atoms with Crippen LogP contribution in [0.5, 0.6) is 0 Å². The topological polar surface area (TPSA) is 32.8 Å². The molecule has 0 spiro atoms. The molecule has 3 atom stereocenters. The Kier molecular flexibility index (Phi) is 5.48. The van der Waals surface area contributed by atoms with Gasteiger partial charge in [-0.05, 0) is 24.1 Å². The molecule has 2 fully saturated rings. The van der Waals surface area contributed by atoms with Gasteiger partial charge in [0.2, 0.25) is 5.91 Å². The van der Waals surface area contributed by atoms with Gasteiger partial charge in [0.15, 0.2) is 0 Å². The number of amides is 1. The van der Waals surface area contributed by atoms with E-state index in [1.54, 1.807) is 16.7 Å². The Morgan fingerprint density at radius 1 is 1.15 bits per heavy atom. The monoisotopic (exact) mass is 398 g/mol. The zero-order valence-electron chi connectivity index (χ0n) is 15.2. The zero-order valence-corrected chi connectivity index (χ0v) is 16.8. The first-order valence-corrected chi connectivity index (χ1v) is 10.6. The van der Waals surface area contributed by atoms with E-state index < -0.39 is 0 Å². The van der Waals surface area contributed by atoms with Crippen molar-refractivity contribution in [2.24, 2.45) is 5.92 Å². The van der Waals surface area contributed by atoms with Gasteiger partial charge in [-0.3, -0.25) is 14.5 Å². The summed E-state index contributed by atoms with van der Waals surface area (Å²) in [6, 6.07) is 20.0. The summed E-state index contributed by atoms with van der Waals surface area (Å²) in [5.74, 6) is 0.645. The molecule has 2 aliphatic heterocycles. The van der Waals surface area contributed by atoms with Crippen LogP contribution in [0.15, 0.2) is 60.7 Å². The van der Waals surface area contributed by atoms with Crippen LogP contribution in [0.4, 0.5) is 5.69 Å². The summed E-state index contributed by atoms with van der Waals surface area (Å²) in [7, 11) is 0. The summed E-state index contributed by atoms with van der Waals surface area (Å²) in [6.07, 6.45) is 0.577. The van der Waals surface area contributed by atoms with Crippen molar-refractivity contribution < 1.29 is 9.63 Å². The third-order valence-corrected chi connectivity index (χ3v) is 6.54. The molecule has 0 aromatic heterocycles. The van der Waals surface area contributed by atoms with Crippen molar-refractivity contribution >= 4 is 39.9 Å². The van der Waals surface area contributed by atoms with Gasteiger partial charge in [-0.2, -0.15) is 0 Å². The minimum atomic E-state index is -0.297. The molecular weight excluding hydrogens is 376 g/mol. The van der Waals surface area contributed by atoms with Crippen molar-refractivity contribution in [1.82, 2.24) is 4.90 Å². The maximum absolute atomic E-state index is 13.5. The summed E-state index contributed by atoms with van der Waals surface area (Å²) < 4.78 is 0.680. The summed E-state index contributed by atoms with van der Waals surface area (Å²) >= 11 is 7.00. The van der Waals surface area contributed by atoms with Gasteiger partial charge < -0.3 is 0 Å². The third kappa shape index (κ3) is 3.49. The first kappa shape index (κ1) is 18.5. The quantitative estimate of drug-likeness (QED) is 0.712. The highest BCUT2D eigenvalue weighted by Gasteiger charge is 2.49. The number of hydrogen-bond acceptors (Lipinski definition) is 5. The van der Waals surface area contributed by atoms with E-state index in [2.05, 4.69) is 19.1 Å². The smallest absolute Gasteiger partial charge is 0.236 e. The fourth-order valence-electron chi connectivity index (χ4n) is 3.81. The van der Waals surface area contributed by atoms with Crippen LogP contribution in [0.3, 0.4) is 0 Å². The van der Waals surface area contributed by atoms with Gasteiger partial charge in [-0.1, -0.05) is 79.4 Å². The molecule has 2 saturated heterocycles. The third-order valence-electron chi connectivity index (χ3n) is 5.11. The van der Waals surface area contributed by atoms with Crippen LogP contribution in [0.25, 0.3) is 0 Å². The van der Waals surface area contributed by atoms with Gasteiger partial charge in [0, 0.05) is 12.3 Å². The molecule has 0 N–H and O–H groups in total. The second-order valence-corrected chi connectivity index (χ2v) is 8.43. The lowest BCUT2D eigenvalue weighted by Crippen LogP contribution is -2.41. The summed E-state index contributed by atoms with van der Waals surface area (Å²) in [5, 5.41) is 1.92. The van der Waals surface area contributed by atoms with Crippen molar-refractivity contribution in [1.29, 1.82) is 0 Å². The van der Waals surface area contributed by atoms with E-state index >= 15 is 0 Å². The number of hydroxylamine groups is 1. The highest BCUT2D eigenvalue weighted by atomic mass is 32.2. The Bertz CT molecular complexity index is 815. The van der Waals surface area contributed by atoms with Gasteiger partial charge in [-0.15, -0.1) is 0 Å². The van der Waals surface area contributed by atoms with E-state index in [0.29, 0.717) is 10.9 Å². The molecule has 6 heteroatoms. The van der Waals surface area contributed by atoms with Gasteiger partial charge in [-0.25, -0.2) is 5.06 Å². The van der Waals surface area contributed by atoms with E-state index in [1.807, 2.05) is 53.6 Å². The number of rotatable bonds is 4. The minimum absolute atomic E-state index is 0.0733. The normalized spacial score (nSPS) is 25.2. The predicted octanol–water partition coefficient (Wildman–Crippen LogP) is 4.43. The molecule has 0 radical (unpaired) electrons. The molecule has 0 bridgehead atoms. The Hall–Kier alpha value is -1.89. The molecule has 2 heterocycles. The second kappa shape index (κ2) is 8.00. The largest absolute Gasteiger partial charge is 0.297 e. The van der Waals surface area contributed by atoms with Gasteiger partial charge >= 0.3 is 0 Å². The molecule has 1 amide bonds. The molecule has 2 aromatic carbocycles. The number of benzene rings is 2. The average Bonchev–Trinajstić information content (AvgIpc) is 3.32. The van der Waals surface area contributed by atoms with Crippen LogP contribution in [0, 0.1) is 5.92 Å². The molecular formula is C21H22N2O2S2. The molecule has 2 aliphatic rings. The fourth-order valence-corrected chi connectivity index (χ4v) is 5.03. The standard InChI is InChI=1S/C21H22N2O2S2/c1-2-17-18(20(24)22-13-14-27-21(22)26)19(15-9-5-3-6-10-15)23(25-17)16-11-7-4-8-12-16/h3-12,17-19H,2,13-14H2,1H3/t17-,18-,19-/m0/s1. The Morgan fingerprint density at radius 3 is 2.41 bits per heavy atom. The minimum Gasteiger partial charge on any atom is -0.297 e. The molecule has 0 saturated carbocycles. The van der Waals surface area contributed by atoms with Crippen molar-refractivity contribution in [2.75, 3.05) is 17.4 Å². The summed E-state index contributed by atoms with van der Waals surface area (Å²) in [6.45, 7) is 2.75. The van der Waals surface area contributed by atoms with Crippen LogP contribution < -0.4 is 5.06 Å². The zero-order chi connectivity index (χ0) is 18.8. The molecule has 27 heavy (non-hydrogen) atoms. The Labute approximate surface area is 169 Å². The number of thioether (sulfide) groups is 1. The molecule has 0 unspecified atom stereocenters. The van der Waals surface area contributed by atoms with E-state index in [4.69, 9.17) is 17.1 Å². The lowest BCUT2D eigenvalue weighted by atomic mass is 9.87. The molecule has 140 valence electrons. The fraction of sp³-hybridized carbons (Fsp3) is 0.333. The Morgan fingerprint density at radius 2 is 1.81 bits per heavy atom. The first-order chi connectivity index (χ1) is 13.2. The number of nitrogens with zero attached hydrogens (tertiary/aromatic N) is 2. The number of para-hydroxylation sites is 1. The number of carbonyl (C=O) groups excluding carboxylic acids is 1. The SMILES string of the molecule is CC[C@@H]1ON(c2ccccc2)[C@@H](c2ccccc2)[C@H]1C(=O)N1CCSC1=S. The highest BCUT2D eigenvalue weighted by Crippen LogP contribution is 2.44. The van der Waals surface area contributed by atoms with Crippen molar-refractivity contribution in [2.45, 2.75) is 25.5 Å². The lowest BCUT2D eigenvalue weighted by Gasteiger charge is -2.29. The predicted molar refractivity (Wildman–Crippen MR) is 114 cm³/mol. The molecule has 2 aromatic rings. The van der Waals surface area contributed by atoms with E-state index in [9.17, 15) is 4.79 Å². The maximum atomic E-state index is 13.5. The lowest BCUT2D eigenvalue weighted by molar-refractivity contribution is -0.133. The van der Waals surface area contributed by atoms with E-state index in [-0.39, 0.29) is 24.0 Å². The summed E-state index contributed by atoms with van der Waals surface area (Å²) in [5.41, 5.74) is 2.03. The van der Waals surface area contributed by atoms with Gasteiger partial charge in [0.1, 0.15) is 4.32 Å². The highest BCUT2D eigenvalue weighted by molar-refractivity contribution is 8.23. The number of hydrogen-bond donors (Lipinski definition) is 0. The van der Waals surface area contributed by atoms with Crippen molar-refractivity contribution in [3.05, 3.63) is 66.2 Å². The molecule has 4 nitrogen and oxygen atoms in total. The van der Waals surface area contributed by atoms with Crippen molar-refractivity contribution in [3.8, 4) is 0 Å². The molecule has 4 rings (SSSR count). The second-order valence-electron chi connectivity index (χ2n) is 6.70. The number of thiocarbonyl (C=S) groups is 1. The van der Waals surface area contributed by atoms with Crippen LogP contribution >= 0.6 is 24.0 Å². The van der Waals surface area contributed by atoms with Gasteiger partial charge in [0.25, 0.3) is 0 Å². The van der Waals surface area contributed by atoms with Gasteiger partial charge in [0.05, 0.1) is 23.8 Å². The average molecular weight is 399 g/mol.